The Hall–Kier alpha value is -0.540. The second kappa shape index (κ2) is 7.15. The van der Waals surface area contributed by atoms with Crippen molar-refractivity contribution < 1.29 is 4.74 Å². The van der Waals surface area contributed by atoms with Crippen LogP contribution in [0.3, 0.4) is 0 Å². The SMILES string of the molecule is CC(CCOc1ccc(Br)cc1)CNC(C)(C)C. The van der Waals surface area contributed by atoms with E-state index in [1.54, 1.807) is 0 Å². The molecule has 0 heterocycles. The molecule has 0 fully saturated rings. The minimum Gasteiger partial charge on any atom is -0.494 e. The summed E-state index contributed by atoms with van der Waals surface area (Å²) in [6, 6.07) is 7.98. The van der Waals surface area contributed by atoms with E-state index in [-0.39, 0.29) is 5.54 Å². The van der Waals surface area contributed by atoms with E-state index in [4.69, 9.17) is 4.74 Å². The van der Waals surface area contributed by atoms with Crippen molar-refractivity contribution in [3.8, 4) is 5.75 Å². The van der Waals surface area contributed by atoms with E-state index in [9.17, 15) is 0 Å². The fraction of sp³-hybridized carbons (Fsp3) is 0.600. The summed E-state index contributed by atoms with van der Waals surface area (Å²) in [6.45, 7) is 10.6. The third-order valence-electron chi connectivity index (χ3n) is 2.67. The number of halogens is 1. The van der Waals surface area contributed by atoms with Crippen molar-refractivity contribution in [3.63, 3.8) is 0 Å². The minimum atomic E-state index is 0.195. The molecule has 0 bridgehead atoms. The highest BCUT2D eigenvalue weighted by Crippen LogP contribution is 2.16. The summed E-state index contributed by atoms with van der Waals surface area (Å²) in [5.41, 5.74) is 0.195. The molecule has 1 atom stereocenters. The summed E-state index contributed by atoms with van der Waals surface area (Å²) < 4.78 is 6.80. The number of hydrogen-bond acceptors (Lipinski definition) is 2. The summed E-state index contributed by atoms with van der Waals surface area (Å²) in [5, 5.41) is 3.52. The summed E-state index contributed by atoms with van der Waals surface area (Å²) in [6.07, 6.45) is 1.07. The van der Waals surface area contributed by atoms with Gasteiger partial charge in [-0.3, -0.25) is 0 Å². The zero-order valence-electron chi connectivity index (χ0n) is 11.8. The molecule has 1 N–H and O–H groups in total. The van der Waals surface area contributed by atoms with Gasteiger partial charge in [-0.1, -0.05) is 22.9 Å². The molecule has 1 unspecified atom stereocenters. The second-order valence-electron chi connectivity index (χ2n) is 5.83. The zero-order valence-corrected chi connectivity index (χ0v) is 13.4. The number of nitrogens with one attached hydrogen (secondary N) is 1. The van der Waals surface area contributed by atoms with Crippen LogP contribution in [0.5, 0.6) is 5.75 Å². The first-order valence-corrected chi connectivity index (χ1v) is 7.29. The molecule has 102 valence electrons. The van der Waals surface area contributed by atoms with Crippen LogP contribution in [0.1, 0.15) is 34.1 Å². The lowest BCUT2D eigenvalue weighted by Gasteiger charge is -2.23. The Morgan fingerprint density at radius 1 is 1.22 bits per heavy atom. The van der Waals surface area contributed by atoms with E-state index in [2.05, 4.69) is 48.9 Å². The first-order valence-electron chi connectivity index (χ1n) is 6.50. The van der Waals surface area contributed by atoms with Crippen molar-refractivity contribution in [1.82, 2.24) is 5.32 Å². The van der Waals surface area contributed by atoms with Gasteiger partial charge < -0.3 is 10.1 Å². The van der Waals surface area contributed by atoms with Crippen LogP contribution < -0.4 is 10.1 Å². The molecule has 0 aromatic heterocycles. The van der Waals surface area contributed by atoms with Crippen molar-refractivity contribution in [2.45, 2.75) is 39.7 Å². The molecule has 0 radical (unpaired) electrons. The van der Waals surface area contributed by atoms with E-state index < -0.39 is 0 Å². The highest BCUT2D eigenvalue weighted by Gasteiger charge is 2.10. The second-order valence-corrected chi connectivity index (χ2v) is 6.74. The van der Waals surface area contributed by atoms with Gasteiger partial charge in [-0.05, 0) is 63.9 Å². The maximum atomic E-state index is 5.71. The topological polar surface area (TPSA) is 21.3 Å². The van der Waals surface area contributed by atoms with Crippen molar-refractivity contribution >= 4 is 15.9 Å². The number of rotatable bonds is 6. The maximum absolute atomic E-state index is 5.71. The molecule has 0 saturated heterocycles. The number of ether oxygens (including phenoxy) is 1. The third-order valence-corrected chi connectivity index (χ3v) is 3.20. The molecule has 0 saturated carbocycles. The van der Waals surface area contributed by atoms with E-state index >= 15 is 0 Å². The fourth-order valence-electron chi connectivity index (χ4n) is 1.49. The average molecular weight is 314 g/mol. The highest BCUT2D eigenvalue weighted by molar-refractivity contribution is 9.10. The van der Waals surface area contributed by atoms with Gasteiger partial charge in [0.1, 0.15) is 5.75 Å². The van der Waals surface area contributed by atoms with E-state index in [1.807, 2.05) is 24.3 Å². The number of benzene rings is 1. The molecule has 3 heteroatoms. The summed E-state index contributed by atoms with van der Waals surface area (Å²) in [5.74, 6) is 1.56. The van der Waals surface area contributed by atoms with Crippen LogP contribution in [-0.2, 0) is 0 Å². The Morgan fingerprint density at radius 2 is 1.83 bits per heavy atom. The van der Waals surface area contributed by atoms with Gasteiger partial charge in [0.25, 0.3) is 0 Å². The molecule has 0 amide bonds. The fourth-order valence-corrected chi connectivity index (χ4v) is 1.76. The van der Waals surface area contributed by atoms with Gasteiger partial charge in [0.2, 0.25) is 0 Å². The van der Waals surface area contributed by atoms with Gasteiger partial charge in [0.05, 0.1) is 6.61 Å². The van der Waals surface area contributed by atoms with Gasteiger partial charge in [0.15, 0.2) is 0 Å². The monoisotopic (exact) mass is 313 g/mol. The molecule has 18 heavy (non-hydrogen) atoms. The standard InChI is InChI=1S/C15H24BrNO/c1-12(11-17-15(2,3)4)9-10-18-14-7-5-13(16)6-8-14/h5-8,12,17H,9-11H2,1-4H3. The Balaban J connectivity index is 2.19. The third kappa shape index (κ3) is 7.02. The summed E-state index contributed by atoms with van der Waals surface area (Å²) in [7, 11) is 0. The first-order chi connectivity index (χ1) is 8.37. The molecular formula is C15H24BrNO. The highest BCUT2D eigenvalue weighted by atomic mass is 79.9. The molecule has 0 aliphatic rings. The Labute approximate surface area is 119 Å². The van der Waals surface area contributed by atoms with Crippen molar-refractivity contribution in [2.24, 2.45) is 5.92 Å². The van der Waals surface area contributed by atoms with E-state index in [1.165, 1.54) is 0 Å². The molecule has 1 aromatic carbocycles. The van der Waals surface area contributed by atoms with Gasteiger partial charge >= 0.3 is 0 Å². The van der Waals surface area contributed by atoms with Crippen molar-refractivity contribution in [1.29, 1.82) is 0 Å². The summed E-state index contributed by atoms with van der Waals surface area (Å²) in [4.78, 5) is 0. The predicted molar refractivity (Wildman–Crippen MR) is 81.2 cm³/mol. The summed E-state index contributed by atoms with van der Waals surface area (Å²) >= 11 is 3.41. The predicted octanol–water partition coefficient (Wildman–Crippen LogP) is 4.24. The van der Waals surface area contributed by atoms with Crippen LogP contribution >= 0.6 is 15.9 Å². The Bertz CT molecular complexity index is 343. The Kier molecular flexibility index (Phi) is 6.16. The molecule has 2 nitrogen and oxygen atoms in total. The molecular weight excluding hydrogens is 290 g/mol. The first kappa shape index (κ1) is 15.5. The van der Waals surface area contributed by atoms with Crippen molar-refractivity contribution in [3.05, 3.63) is 28.7 Å². The van der Waals surface area contributed by atoms with Gasteiger partial charge in [-0.25, -0.2) is 0 Å². The quantitative estimate of drug-likeness (QED) is 0.848. The number of hydrogen-bond donors (Lipinski definition) is 1. The average Bonchev–Trinajstić information content (AvgIpc) is 2.28. The lowest BCUT2D eigenvalue weighted by Crippen LogP contribution is -2.38. The maximum Gasteiger partial charge on any atom is 0.119 e. The zero-order chi connectivity index (χ0) is 13.6. The molecule has 1 rings (SSSR count). The largest absolute Gasteiger partial charge is 0.494 e. The van der Waals surface area contributed by atoms with Crippen LogP contribution in [0.25, 0.3) is 0 Å². The molecule has 0 spiro atoms. The lowest BCUT2D eigenvalue weighted by molar-refractivity contribution is 0.272. The van der Waals surface area contributed by atoms with Gasteiger partial charge in [-0.15, -0.1) is 0 Å². The Morgan fingerprint density at radius 3 is 2.39 bits per heavy atom. The normalized spacial score (nSPS) is 13.4. The van der Waals surface area contributed by atoms with Crippen LogP contribution in [0.15, 0.2) is 28.7 Å². The molecule has 0 aliphatic carbocycles. The van der Waals surface area contributed by atoms with Crippen LogP contribution in [-0.4, -0.2) is 18.7 Å². The molecule has 1 aromatic rings. The van der Waals surface area contributed by atoms with Crippen LogP contribution in [0.4, 0.5) is 0 Å². The van der Waals surface area contributed by atoms with Crippen molar-refractivity contribution in [2.75, 3.05) is 13.2 Å². The van der Waals surface area contributed by atoms with E-state index in [0.717, 1.165) is 29.8 Å². The van der Waals surface area contributed by atoms with E-state index in [0.29, 0.717) is 5.92 Å². The van der Waals surface area contributed by atoms with Gasteiger partial charge in [0, 0.05) is 10.0 Å². The molecule has 0 aliphatic heterocycles. The van der Waals surface area contributed by atoms with Crippen LogP contribution in [0, 0.1) is 5.92 Å². The van der Waals surface area contributed by atoms with Gasteiger partial charge in [-0.2, -0.15) is 0 Å². The van der Waals surface area contributed by atoms with Crippen LogP contribution in [0.2, 0.25) is 0 Å². The lowest BCUT2D eigenvalue weighted by atomic mass is 10.0. The smallest absolute Gasteiger partial charge is 0.119 e. The minimum absolute atomic E-state index is 0.195.